The van der Waals surface area contributed by atoms with Crippen molar-refractivity contribution in [3.63, 3.8) is 0 Å². The molecule has 1 unspecified atom stereocenters. The molecule has 0 aromatic carbocycles. The van der Waals surface area contributed by atoms with Crippen LogP contribution in [0.2, 0.25) is 0 Å². The van der Waals surface area contributed by atoms with Gasteiger partial charge < -0.3 is 5.11 Å². The number of rotatable bonds is 3. The summed E-state index contributed by atoms with van der Waals surface area (Å²) in [7, 11) is -3.31. The number of nitrogens with zero attached hydrogens (tertiary/aromatic N) is 1. The molecule has 1 saturated carbocycles. The van der Waals surface area contributed by atoms with Gasteiger partial charge in [0.1, 0.15) is 6.04 Å². The highest BCUT2D eigenvalue weighted by Gasteiger charge is 2.46. The molecule has 0 amide bonds. The summed E-state index contributed by atoms with van der Waals surface area (Å²) < 4.78 is 24.7. The lowest BCUT2D eigenvalue weighted by atomic mass is 10.2. The maximum absolute atomic E-state index is 11.8. The van der Waals surface area contributed by atoms with E-state index in [-0.39, 0.29) is 5.25 Å². The predicted octanol–water partition coefficient (Wildman–Crippen LogP) is 0.0276. The fourth-order valence-electron chi connectivity index (χ4n) is 1.85. The quantitative estimate of drug-likeness (QED) is 0.726. The molecular formula is C8H13NO4S. The smallest absolute Gasteiger partial charge is 0.322 e. The molecule has 2 aliphatic rings. The average Bonchev–Trinajstić information content (AvgIpc) is 2.82. The second kappa shape index (κ2) is 3.20. The minimum Gasteiger partial charge on any atom is -0.480 e. The van der Waals surface area contributed by atoms with Crippen LogP contribution in [-0.4, -0.2) is 41.6 Å². The standard InChI is InChI=1S/C8H13NO4S/c10-8(11)7-2-1-5-9(7)14(12,13)6-3-4-6/h6-7H,1-5H2,(H,10,11). The first-order valence-corrected chi connectivity index (χ1v) is 6.27. The van der Waals surface area contributed by atoms with Gasteiger partial charge in [-0.25, -0.2) is 8.42 Å². The summed E-state index contributed by atoms with van der Waals surface area (Å²) in [6.07, 6.45) is 2.47. The Morgan fingerprint density at radius 2 is 1.93 bits per heavy atom. The molecule has 1 aliphatic carbocycles. The Morgan fingerprint density at radius 1 is 1.29 bits per heavy atom. The summed E-state index contributed by atoms with van der Waals surface area (Å²) >= 11 is 0. The van der Waals surface area contributed by atoms with E-state index in [4.69, 9.17) is 5.11 Å². The number of hydrogen-bond donors (Lipinski definition) is 1. The first-order chi connectivity index (χ1) is 6.53. The van der Waals surface area contributed by atoms with Crippen LogP contribution in [0.3, 0.4) is 0 Å². The molecule has 1 N–H and O–H groups in total. The fraction of sp³-hybridized carbons (Fsp3) is 0.875. The van der Waals surface area contributed by atoms with Crippen LogP contribution in [0.5, 0.6) is 0 Å². The number of carbonyl (C=O) groups is 1. The van der Waals surface area contributed by atoms with Gasteiger partial charge >= 0.3 is 5.97 Å². The predicted molar refractivity (Wildman–Crippen MR) is 49.3 cm³/mol. The Morgan fingerprint density at radius 3 is 2.43 bits per heavy atom. The minimum absolute atomic E-state index is 0.303. The van der Waals surface area contributed by atoms with E-state index >= 15 is 0 Å². The number of carboxylic acids is 1. The van der Waals surface area contributed by atoms with Crippen LogP contribution in [0.4, 0.5) is 0 Å². The van der Waals surface area contributed by atoms with Gasteiger partial charge in [0.05, 0.1) is 5.25 Å². The highest BCUT2D eigenvalue weighted by molar-refractivity contribution is 7.90. The molecule has 6 heteroatoms. The summed E-state index contributed by atoms with van der Waals surface area (Å²) in [4.78, 5) is 10.8. The van der Waals surface area contributed by atoms with Crippen molar-refractivity contribution in [2.24, 2.45) is 0 Å². The highest BCUT2D eigenvalue weighted by atomic mass is 32.2. The minimum atomic E-state index is -3.31. The molecule has 2 rings (SSSR count). The van der Waals surface area contributed by atoms with Gasteiger partial charge in [-0.3, -0.25) is 4.79 Å². The molecule has 2 fully saturated rings. The summed E-state index contributed by atoms with van der Waals surface area (Å²) in [5.41, 5.74) is 0. The van der Waals surface area contributed by atoms with Crippen LogP contribution >= 0.6 is 0 Å². The van der Waals surface area contributed by atoms with Crippen LogP contribution in [0, 0.1) is 0 Å². The van der Waals surface area contributed by atoms with Crippen molar-refractivity contribution in [2.75, 3.05) is 6.54 Å². The van der Waals surface area contributed by atoms with E-state index in [0.29, 0.717) is 32.2 Å². The van der Waals surface area contributed by atoms with Crippen molar-refractivity contribution in [2.45, 2.75) is 37.0 Å². The molecule has 1 atom stereocenters. The Bertz CT molecular complexity index is 346. The van der Waals surface area contributed by atoms with Gasteiger partial charge in [-0.05, 0) is 25.7 Å². The molecule has 0 aromatic rings. The van der Waals surface area contributed by atoms with Gasteiger partial charge in [0.2, 0.25) is 10.0 Å². The second-order valence-electron chi connectivity index (χ2n) is 3.85. The zero-order valence-electron chi connectivity index (χ0n) is 7.72. The molecule has 14 heavy (non-hydrogen) atoms. The normalized spacial score (nSPS) is 29.3. The van der Waals surface area contributed by atoms with Gasteiger partial charge in [0, 0.05) is 6.54 Å². The molecule has 1 heterocycles. The maximum Gasteiger partial charge on any atom is 0.322 e. The number of sulfonamides is 1. The molecular weight excluding hydrogens is 206 g/mol. The Balaban J connectivity index is 2.20. The number of hydrogen-bond acceptors (Lipinski definition) is 3. The van der Waals surface area contributed by atoms with Crippen LogP contribution in [0.15, 0.2) is 0 Å². The van der Waals surface area contributed by atoms with E-state index in [2.05, 4.69) is 0 Å². The van der Waals surface area contributed by atoms with E-state index in [1.165, 1.54) is 4.31 Å². The van der Waals surface area contributed by atoms with E-state index in [0.717, 1.165) is 0 Å². The van der Waals surface area contributed by atoms with Crippen LogP contribution in [-0.2, 0) is 14.8 Å². The SMILES string of the molecule is O=C(O)C1CCCN1S(=O)(=O)C1CC1. The van der Waals surface area contributed by atoms with Crippen LogP contribution < -0.4 is 0 Å². The third-order valence-corrected chi connectivity index (χ3v) is 5.17. The summed E-state index contributed by atoms with van der Waals surface area (Å²) in [5.74, 6) is -1.02. The number of aliphatic carboxylic acids is 1. The third-order valence-electron chi connectivity index (χ3n) is 2.76. The Hall–Kier alpha value is -0.620. The first kappa shape index (κ1) is 9.92. The zero-order valence-corrected chi connectivity index (χ0v) is 8.53. The molecule has 0 bridgehead atoms. The van der Waals surface area contributed by atoms with E-state index < -0.39 is 22.0 Å². The van der Waals surface area contributed by atoms with Crippen molar-refractivity contribution in [3.05, 3.63) is 0 Å². The molecule has 0 spiro atoms. The lowest BCUT2D eigenvalue weighted by Gasteiger charge is -2.20. The molecule has 1 aliphatic heterocycles. The lowest BCUT2D eigenvalue weighted by Crippen LogP contribution is -2.42. The third kappa shape index (κ3) is 1.52. The zero-order chi connectivity index (χ0) is 10.3. The number of carboxylic acid groups (broad SMARTS) is 1. The van der Waals surface area contributed by atoms with Crippen molar-refractivity contribution >= 4 is 16.0 Å². The van der Waals surface area contributed by atoms with Crippen molar-refractivity contribution < 1.29 is 18.3 Å². The summed E-state index contributed by atoms with van der Waals surface area (Å²) in [6, 6.07) is -0.819. The molecule has 80 valence electrons. The maximum atomic E-state index is 11.8. The fourth-order valence-corrected chi connectivity index (χ4v) is 3.90. The summed E-state index contributed by atoms with van der Waals surface area (Å²) in [5, 5.41) is 8.54. The molecule has 0 aromatic heterocycles. The van der Waals surface area contributed by atoms with Crippen molar-refractivity contribution in [3.8, 4) is 0 Å². The van der Waals surface area contributed by atoms with Crippen molar-refractivity contribution in [1.82, 2.24) is 4.31 Å². The Labute approximate surface area is 82.8 Å². The van der Waals surface area contributed by atoms with Crippen LogP contribution in [0.1, 0.15) is 25.7 Å². The molecule has 1 saturated heterocycles. The van der Waals surface area contributed by atoms with Gasteiger partial charge in [-0.15, -0.1) is 0 Å². The van der Waals surface area contributed by atoms with Gasteiger partial charge in [-0.1, -0.05) is 0 Å². The van der Waals surface area contributed by atoms with E-state index in [1.807, 2.05) is 0 Å². The topological polar surface area (TPSA) is 74.7 Å². The highest BCUT2D eigenvalue weighted by Crippen LogP contribution is 2.34. The second-order valence-corrected chi connectivity index (χ2v) is 6.02. The first-order valence-electron chi connectivity index (χ1n) is 4.77. The van der Waals surface area contributed by atoms with Gasteiger partial charge in [0.15, 0.2) is 0 Å². The van der Waals surface area contributed by atoms with Crippen molar-refractivity contribution in [1.29, 1.82) is 0 Å². The van der Waals surface area contributed by atoms with E-state index in [9.17, 15) is 13.2 Å². The van der Waals surface area contributed by atoms with Gasteiger partial charge in [0.25, 0.3) is 0 Å². The lowest BCUT2D eigenvalue weighted by molar-refractivity contribution is -0.140. The Kier molecular flexibility index (Phi) is 2.27. The summed E-state index contributed by atoms with van der Waals surface area (Å²) in [6.45, 7) is 0.371. The monoisotopic (exact) mass is 219 g/mol. The molecule has 0 radical (unpaired) electrons. The van der Waals surface area contributed by atoms with Gasteiger partial charge in [-0.2, -0.15) is 4.31 Å². The van der Waals surface area contributed by atoms with Crippen LogP contribution in [0.25, 0.3) is 0 Å². The molecule has 5 nitrogen and oxygen atoms in total. The average molecular weight is 219 g/mol. The van der Waals surface area contributed by atoms with E-state index in [1.54, 1.807) is 0 Å². The largest absolute Gasteiger partial charge is 0.480 e.